The standard InChI is InChI=1S/C21H26N6O5/c1-21(2,3)32-20(30)26(5)13-6-14(7-13)31-18-17-8-15(19(28)29)24-27(17)11-16(23-18)12-9-22-25(4)10-12/h8-11,13-14H,6-7H2,1-5H3,(H,28,29). The highest BCUT2D eigenvalue weighted by molar-refractivity contribution is 5.87. The van der Waals surface area contributed by atoms with Gasteiger partial charge in [0, 0.05) is 50.8 Å². The van der Waals surface area contributed by atoms with Gasteiger partial charge in [-0.25, -0.2) is 19.1 Å². The van der Waals surface area contributed by atoms with Gasteiger partial charge in [0.2, 0.25) is 5.88 Å². The van der Waals surface area contributed by atoms with Crippen LogP contribution >= 0.6 is 0 Å². The molecule has 11 nitrogen and oxygen atoms in total. The second-order valence-corrected chi connectivity index (χ2v) is 8.95. The van der Waals surface area contributed by atoms with E-state index in [-0.39, 0.29) is 29.8 Å². The zero-order chi connectivity index (χ0) is 23.2. The lowest BCUT2D eigenvalue weighted by molar-refractivity contribution is -0.00938. The number of carbonyl (C=O) groups excluding carboxylic acids is 1. The molecule has 3 aromatic rings. The van der Waals surface area contributed by atoms with Crippen molar-refractivity contribution in [2.24, 2.45) is 7.05 Å². The maximum absolute atomic E-state index is 12.3. The Bertz CT molecular complexity index is 1170. The molecule has 1 aliphatic rings. The molecule has 1 fully saturated rings. The van der Waals surface area contributed by atoms with Gasteiger partial charge in [-0.05, 0) is 20.8 Å². The van der Waals surface area contributed by atoms with Gasteiger partial charge in [0.05, 0.1) is 18.1 Å². The maximum atomic E-state index is 12.3. The Kier molecular flexibility index (Phi) is 5.27. The summed E-state index contributed by atoms with van der Waals surface area (Å²) in [6.45, 7) is 5.48. The van der Waals surface area contributed by atoms with Crippen molar-refractivity contribution >= 4 is 17.6 Å². The largest absolute Gasteiger partial charge is 0.476 e. The summed E-state index contributed by atoms with van der Waals surface area (Å²) in [5, 5.41) is 17.6. The van der Waals surface area contributed by atoms with Crippen molar-refractivity contribution in [2.45, 2.75) is 51.4 Å². The fraction of sp³-hybridized carbons (Fsp3) is 0.476. The van der Waals surface area contributed by atoms with Gasteiger partial charge in [-0.1, -0.05) is 0 Å². The summed E-state index contributed by atoms with van der Waals surface area (Å²) in [6, 6.07) is 1.42. The summed E-state index contributed by atoms with van der Waals surface area (Å²) in [5.74, 6) is -0.847. The third-order valence-electron chi connectivity index (χ3n) is 5.22. The van der Waals surface area contributed by atoms with Gasteiger partial charge in [-0.15, -0.1) is 0 Å². The number of aromatic nitrogens is 5. The molecule has 0 aromatic carbocycles. The van der Waals surface area contributed by atoms with Crippen molar-refractivity contribution in [2.75, 3.05) is 7.05 Å². The number of hydrogen-bond donors (Lipinski definition) is 1. The average molecular weight is 442 g/mol. The normalized spacial score (nSPS) is 18.3. The molecule has 1 amide bonds. The van der Waals surface area contributed by atoms with Crippen molar-refractivity contribution in [3.63, 3.8) is 0 Å². The van der Waals surface area contributed by atoms with E-state index in [9.17, 15) is 14.7 Å². The maximum Gasteiger partial charge on any atom is 0.410 e. The Morgan fingerprint density at radius 1 is 1.25 bits per heavy atom. The Labute approximate surface area is 184 Å². The van der Waals surface area contributed by atoms with Gasteiger partial charge in [0.15, 0.2) is 5.69 Å². The summed E-state index contributed by atoms with van der Waals surface area (Å²) >= 11 is 0. The van der Waals surface area contributed by atoms with Gasteiger partial charge < -0.3 is 19.5 Å². The molecule has 1 saturated carbocycles. The molecule has 32 heavy (non-hydrogen) atoms. The highest BCUT2D eigenvalue weighted by atomic mass is 16.6. The van der Waals surface area contributed by atoms with Crippen LogP contribution in [0.5, 0.6) is 5.88 Å². The number of aryl methyl sites for hydroxylation is 1. The lowest BCUT2D eigenvalue weighted by Crippen LogP contribution is -2.51. The molecule has 0 unspecified atom stereocenters. The van der Waals surface area contributed by atoms with E-state index in [1.165, 1.54) is 10.6 Å². The first-order valence-electron chi connectivity index (χ1n) is 10.3. The number of ether oxygens (including phenoxy) is 2. The minimum atomic E-state index is -1.13. The minimum Gasteiger partial charge on any atom is -0.476 e. The van der Waals surface area contributed by atoms with Crippen LogP contribution in [0.2, 0.25) is 0 Å². The molecule has 3 aromatic heterocycles. The first kappa shape index (κ1) is 21.6. The SMILES string of the molecule is CN(C(=O)OC(C)(C)C)C1CC(Oc2nc(-c3cnn(C)c3)cn3nc(C(=O)O)cc23)C1. The number of carboxylic acids is 1. The van der Waals surface area contributed by atoms with Crippen LogP contribution in [0.25, 0.3) is 16.8 Å². The van der Waals surface area contributed by atoms with Gasteiger partial charge in [0.25, 0.3) is 0 Å². The van der Waals surface area contributed by atoms with Crippen molar-refractivity contribution < 1.29 is 24.2 Å². The van der Waals surface area contributed by atoms with E-state index in [1.807, 2.05) is 20.8 Å². The molecule has 11 heteroatoms. The van der Waals surface area contributed by atoms with Crippen LogP contribution in [0.3, 0.4) is 0 Å². The summed E-state index contributed by atoms with van der Waals surface area (Å²) in [4.78, 5) is 29.9. The zero-order valence-corrected chi connectivity index (χ0v) is 18.6. The molecule has 0 saturated heterocycles. The van der Waals surface area contributed by atoms with Crippen LogP contribution in [0.1, 0.15) is 44.1 Å². The number of hydrogen-bond acceptors (Lipinski definition) is 7. The Morgan fingerprint density at radius 2 is 1.97 bits per heavy atom. The molecule has 170 valence electrons. The smallest absolute Gasteiger partial charge is 0.410 e. The van der Waals surface area contributed by atoms with E-state index in [4.69, 9.17) is 9.47 Å². The Balaban J connectivity index is 1.54. The number of aromatic carboxylic acids is 1. The van der Waals surface area contributed by atoms with Crippen molar-refractivity contribution in [1.29, 1.82) is 0 Å². The number of carboxylic acid groups (broad SMARTS) is 1. The molecule has 0 atom stereocenters. The third kappa shape index (κ3) is 4.36. The van der Waals surface area contributed by atoms with Gasteiger partial charge in [-0.3, -0.25) is 4.68 Å². The first-order valence-corrected chi connectivity index (χ1v) is 10.3. The monoisotopic (exact) mass is 442 g/mol. The number of carbonyl (C=O) groups is 2. The van der Waals surface area contributed by atoms with E-state index in [0.717, 1.165) is 5.56 Å². The van der Waals surface area contributed by atoms with Gasteiger partial charge in [-0.2, -0.15) is 10.2 Å². The average Bonchev–Trinajstić information content (AvgIpc) is 3.28. The van der Waals surface area contributed by atoms with Gasteiger partial charge >= 0.3 is 12.1 Å². The quantitative estimate of drug-likeness (QED) is 0.639. The molecule has 4 rings (SSSR count). The molecule has 1 aliphatic carbocycles. The van der Waals surface area contributed by atoms with Crippen LogP contribution in [-0.2, 0) is 11.8 Å². The molecule has 0 radical (unpaired) electrons. The van der Waals surface area contributed by atoms with E-state index < -0.39 is 11.6 Å². The van der Waals surface area contributed by atoms with E-state index in [1.54, 1.807) is 42.3 Å². The molecule has 0 bridgehead atoms. The fourth-order valence-electron chi connectivity index (χ4n) is 3.44. The highest BCUT2D eigenvalue weighted by Crippen LogP contribution is 2.32. The molecule has 3 heterocycles. The molecule has 0 aliphatic heterocycles. The van der Waals surface area contributed by atoms with Crippen molar-refractivity contribution in [1.82, 2.24) is 29.3 Å². The lowest BCUT2D eigenvalue weighted by Gasteiger charge is -2.40. The number of fused-ring (bicyclic) bond motifs is 1. The van der Waals surface area contributed by atoms with E-state index in [0.29, 0.717) is 24.1 Å². The highest BCUT2D eigenvalue weighted by Gasteiger charge is 2.38. The zero-order valence-electron chi connectivity index (χ0n) is 18.6. The van der Waals surface area contributed by atoms with Crippen LogP contribution in [-0.4, -0.2) is 71.2 Å². The van der Waals surface area contributed by atoms with Crippen LogP contribution in [0.4, 0.5) is 4.79 Å². The summed E-state index contributed by atoms with van der Waals surface area (Å²) in [6.07, 6.45) is 5.78. The second-order valence-electron chi connectivity index (χ2n) is 8.95. The predicted molar refractivity (Wildman–Crippen MR) is 114 cm³/mol. The minimum absolute atomic E-state index is 0.00753. The third-order valence-corrected chi connectivity index (χ3v) is 5.22. The lowest BCUT2D eigenvalue weighted by atomic mass is 9.88. The second kappa shape index (κ2) is 7.81. The van der Waals surface area contributed by atoms with E-state index in [2.05, 4.69) is 15.2 Å². The summed E-state index contributed by atoms with van der Waals surface area (Å²) in [5.41, 5.74) is 1.11. The summed E-state index contributed by atoms with van der Waals surface area (Å²) in [7, 11) is 3.51. The summed E-state index contributed by atoms with van der Waals surface area (Å²) < 4.78 is 14.6. The molecule has 1 N–H and O–H groups in total. The fourth-order valence-corrected chi connectivity index (χ4v) is 3.44. The number of nitrogens with zero attached hydrogens (tertiary/aromatic N) is 6. The van der Waals surface area contributed by atoms with Crippen molar-refractivity contribution in [3.8, 4) is 17.1 Å². The van der Waals surface area contributed by atoms with E-state index >= 15 is 0 Å². The molecular formula is C21H26N6O5. The first-order chi connectivity index (χ1) is 15.0. The molecule has 0 spiro atoms. The predicted octanol–water partition coefficient (Wildman–Crippen LogP) is 2.60. The van der Waals surface area contributed by atoms with Gasteiger partial charge in [0.1, 0.15) is 17.2 Å². The van der Waals surface area contributed by atoms with Crippen LogP contribution < -0.4 is 4.74 Å². The Morgan fingerprint density at radius 3 is 2.56 bits per heavy atom. The topological polar surface area (TPSA) is 124 Å². The van der Waals surface area contributed by atoms with Crippen molar-refractivity contribution in [3.05, 3.63) is 30.4 Å². The van der Waals surface area contributed by atoms with Crippen LogP contribution in [0.15, 0.2) is 24.7 Å². The van der Waals surface area contributed by atoms with Crippen LogP contribution in [0, 0.1) is 0 Å². The number of amides is 1. The Hall–Kier alpha value is -3.63. The number of rotatable bonds is 5. The molecular weight excluding hydrogens is 416 g/mol.